The third kappa shape index (κ3) is 3.96. The first kappa shape index (κ1) is 23.9. The number of aliphatic hydroxyl groups is 1. The summed E-state index contributed by atoms with van der Waals surface area (Å²) < 4.78 is 97.9. The molecule has 12 heteroatoms. The van der Waals surface area contributed by atoms with Crippen LogP contribution in [0.1, 0.15) is 27.2 Å². The molecule has 1 atom stereocenters. The minimum absolute atomic E-state index is 0.0889. The van der Waals surface area contributed by atoms with Crippen LogP contribution in [0.2, 0.25) is 0 Å². The normalized spacial score (nSPS) is 20.9. The van der Waals surface area contributed by atoms with Crippen LogP contribution in [0.3, 0.4) is 0 Å². The number of hydrogen-bond acceptors (Lipinski definition) is 4. The van der Waals surface area contributed by atoms with E-state index in [0.717, 1.165) is 0 Å². The van der Waals surface area contributed by atoms with Crippen molar-refractivity contribution in [2.45, 2.75) is 50.9 Å². The second-order valence-corrected chi connectivity index (χ2v) is 7.74. The van der Waals surface area contributed by atoms with Gasteiger partial charge in [0.15, 0.2) is 12.3 Å². The molecule has 0 saturated heterocycles. The number of carbonyl (C=O) groups is 1. The van der Waals surface area contributed by atoms with Crippen molar-refractivity contribution in [3.8, 4) is 5.75 Å². The summed E-state index contributed by atoms with van der Waals surface area (Å²) in [7, 11) is 0. The Kier molecular flexibility index (Phi) is 5.89. The van der Waals surface area contributed by atoms with E-state index < -0.39 is 53.8 Å². The SMILES string of the molecule is CC(C)(C)[C@@]1(O)CC(C(F)(F)C(F)(F)C(F)(F)F)=NN1C(=O)COc1ccccc1. The third-order valence-electron chi connectivity index (χ3n) is 4.64. The second kappa shape index (κ2) is 7.40. The van der Waals surface area contributed by atoms with Crippen molar-refractivity contribution in [2.75, 3.05) is 6.61 Å². The average Bonchev–Trinajstić information content (AvgIpc) is 2.99. The van der Waals surface area contributed by atoms with Gasteiger partial charge in [-0.15, -0.1) is 0 Å². The van der Waals surface area contributed by atoms with Crippen molar-refractivity contribution in [1.82, 2.24) is 5.01 Å². The van der Waals surface area contributed by atoms with Gasteiger partial charge in [-0.2, -0.15) is 40.8 Å². The van der Waals surface area contributed by atoms with E-state index in [2.05, 4.69) is 5.10 Å². The van der Waals surface area contributed by atoms with Gasteiger partial charge < -0.3 is 9.84 Å². The largest absolute Gasteiger partial charge is 0.484 e. The number of benzene rings is 1. The van der Waals surface area contributed by atoms with Crippen LogP contribution in [0.5, 0.6) is 5.75 Å². The maximum absolute atomic E-state index is 14.1. The highest BCUT2D eigenvalue weighted by molar-refractivity contribution is 5.96. The molecule has 1 N–H and O–H groups in total. The van der Waals surface area contributed by atoms with Gasteiger partial charge in [0.05, 0.1) is 0 Å². The van der Waals surface area contributed by atoms with Gasteiger partial charge in [0.25, 0.3) is 5.91 Å². The Labute approximate surface area is 167 Å². The van der Waals surface area contributed by atoms with Crippen molar-refractivity contribution in [2.24, 2.45) is 10.5 Å². The Balaban J connectivity index is 2.39. The zero-order valence-corrected chi connectivity index (χ0v) is 16.1. The fourth-order valence-corrected chi connectivity index (χ4v) is 2.65. The number of para-hydroxylation sites is 1. The maximum Gasteiger partial charge on any atom is 0.460 e. The lowest BCUT2D eigenvalue weighted by Crippen LogP contribution is -2.58. The predicted molar refractivity (Wildman–Crippen MR) is 91.2 cm³/mol. The predicted octanol–water partition coefficient (Wildman–Crippen LogP) is 4.22. The van der Waals surface area contributed by atoms with Gasteiger partial charge in [0, 0.05) is 11.8 Å². The molecule has 1 amide bonds. The monoisotopic (exact) mass is 444 g/mol. The molecular formula is C18H19F7N2O3. The molecule has 1 aromatic carbocycles. The summed E-state index contributed by atoms with van der Waals surface area (Å²) in [5.41, 5.74) is -6.00. The lowest BCUT2D eigenvalue weighted by molar-refractivity contribution is -0.336. The van der Waals surface area contributed by atoms with Gasteiger partial charge in [-0.1, -0.05) is 39.0 Å². The molecule has 0 radical (unpaired) electrons. The third-order valence-corrected chi connectivity index (χ3v) is 4.64. The van der Waals surface area contributed by atoms with Crippen molar-refractivity contribution >= 4 is 11.6 Å². The van der Waals surface area contributed by atoms with Crippen LogP contribution >= 0.6 is 0 Å². The maximum atomic E-state index is 14.1. The molecule has 30 heavy (non-hydrogen) atoms. The zero-order valence-electron chi connectivity index (χ0n) is 16.1. The molecule has 0 spiro atoms. The molecule has 0 saturated carbocycles. The lowest BCUT2D eigenvalue weighted by Gasteiger charge is -2.41. The molecule has 0 fully saturated rings. The molecule has 1 heterocycles. The van der Waals surface area contributed by atoms with Gasteiger partial charge in [0.2, 0.25) is 0 Å². The van der Waals surface area contributed by atoms with E-state index in [4.69, 9.17) is 4.74 Å². The molecule has 1 aromatic rings. The molecular weight excluding hydrogens is 425 g/mol. The summed E-state index contributed by atoms with van der Waals surface area (Å²) in [5, 5.41) is 13.9. The molecule has 0 bridgehead atoms. The summed E-state index contributed by atoms with van der Waals surface area (Å²) in [6.07, 6.45) is -7.99. The highest BCUT2D eigenvalue weighted by Crippen LogP contribution is 2.51. The number of carbonyl (C=O) groups excluding carboxylic acids is 1. The average molecular weight is 444 g/mol. The molecule has 5 nitrogen and oxygen atoms in total. The van der Waals surface area contributed by atoms with Crippen molar-refractivity contribution in [3.63, 3.8) is 0 Å². The number of alkyl halides is 7. The smallest absolute Gasteiger partial charge is 0.460 e. The van der Waals surface area contributed by atoms with Gasteiger partial charge in [0.1, 0.15) is 11.5 Å². The van der Waals surface area contributed by atoms with Crippen LogP contribution < -0.4 is 4.74 Å². The molecule has 0 aliphatic carbocycles. The van der Waals surface area contributed by atoms with Crippen LogP contribution in [0.15, 0.2) is 35.4 Å². The van der Waals surface area contributed by atoms with Crippen LogP contribution in [0.25, 0.3) is 0 Å². The molecule has 1 aliphatic heterocycles. The van der Waals surface area contributed by atoms with Crippen molar-refractivity contribution in [3.05, 3.63) is 30.3 Å². The first-order chi connectivity index (χ1) is 13.4. The van der Waals surface area contributed by atoms with Gasteiger partial charge in [-0.25, -0.2) is 0 Å². The molecule has 168 valence electrons. The zero-order chi connectivity index (χ0) is 23.2. The minimum Gasteiger partial charge on any atom is -0.484 e. The Morgan fingerprint density at radius 2 is 1.63 bits per heavy atom. The number of amides is 1. The number of halogens is 7. The molecule has 2 rings (SSSR count). The summed E-state index contributed by atoms with van der Waals surface area (Å²) in [4.78, 5) is 12.5. The molecule has 0 aromatic heterocycles. The summed E-state index contributed by atoms with van der Waals surface area (Å²) in [6, 6.07) is 7.70. The van der Waals surface area contributed by atoms with E-state index in [1.165, 1.54) is 32.9 Å². The van der Waals surface area contributed by atoms with Crippen molar-refractivity contribution < 1.29 is 45.4 Å². The van der Waals surface area contributed by atoms with Crippen LogP contribution in [-0.2, 0) is 4.79 Å². The Morgan fingerprint density at radius 1 is 1.10 bits per heavy atom. The van der Waals surface area contributed by atoms with Gasteiger partial charge >= 0.3 is 18.0 Å². The Bertz CT molecular complexity index is 819. The highest BCUT2D eigenvalue weighted by Gasteiger charge is 2.76. The topological polar surface area (TPSA) is 62.1 Å². The number of rotatable bonds is 5. The number of ether oxygens (including phenoxy) is 1. The Hall–Kier alpha value is -2.37. The fourth-order valence-electron chi connectivity index (χ4n) is 2.65. The van der Waals surface area contributed by atoms with E-state index >= 15 is 0 Å². The fraction of sp³-hybridized carbons (Fsp3) is 0.556. The second-order valence-electron chi connectivity index (χ2n) is 7.74. The van der Waals surface area contributed by atoms with Crippen LogP contribution in [-0.4, -0.2) is 52.1 Å². The van der Waals surface area contributed by atoms with E-state index in [1.807, 2.05) is 0 Å². The van der Waals surface area contributed by atoms with Crippen molar-refractivity contribution in [1.29, 1.82) is 0 Å². The summed E-state index contributed by atoms with van der Waals surface area (Å²) >= 11 is 0. The number of hydrazone groups is 1. The summed E-state index contributed by atoms with van der Waals surface area (Å²) in [6.45, 7) is 3.01. The molecule has 0 unspecified atom stereocenters. The minimum atomic E-state index is -6.58. The van der Waals surface area contributed by atoms with Crippen LogP contribution in [0.4, 0.5) is 30.7 Å². The van der Waals surface area contributed by atoms with E-state index in [-0.39, 0.29) is 10.8 Å². The first-order valence-electron chi connectivity index (χ1n) is 8.59. The standard InChI is InChI=1S/C18H19F7N2O3/c1-14(2,3)15(29)9-12(16(19,20)17(21,22)18(23,24)25)26-27(15)13(28)10-30-11-7-5-4-6-8-11/h4-8,29H,9-10H2,1-3H3/t15-/m0/s1. The quantitative estimate of drug-likeness (QED) is 0.692. The first-order valence-corrected chi connectivity index (χ1v) is 8.59. The van der Waals surface area contributed by atoms with Gasteiger partial charge in [-0.3, -0.25) is 4.79 Å². The highest BCUT2D eigenvalue weighted by atomic mass is 19.4. The lowest BCUT2D eigenvalue weighted by atomic mass is 9.79. The Morgan fingerprint density at radius 3 is 2.10 bits per heavy atom. The van der Waals surface area contributed by atoms with Gasteiger partial charge in [-0.05, 0) is 12.1 Å². The van der Waals surface area contributed by atoms with E-state index in [0.29, 0.717) is 0 Å². The number of nitrogens with zero attached hydrogens (tertiary/aromatic N) is 2. The number of hydrogen-bond donors (Lipinski definition) is 1. The van der Waals surface area contributed by atoms with E-state index in [1.54, 1.807) is 18.2 Å². The molecule has 1 aliphatic rings. The van der Waals surface area contributed by atoms with E-state index in [9.17, 15) is 40.6 Å². The van der Waals surface area contributed by atoms with Crippen LogP contribution in [0, 0.1) is 5.41 Å². The summed E-state index contributed by atoms with van der Waals surface area (Å²) in [5.74, 6) is -13.3.